The second-order valence-corrected chi connectivity index (χ2v) is 7.06. The predicted octanol–water partition coefficient (Wildman–Crippen LogP) is 4.23. The van der Waals surface area contributed by atoms with Crippen LogP contribution >= 0.6 is 34.7 Å². The lowest BCUT2D eigenvalue weighted by Gasteiger charge is -2.06. The number of aryl methyl sites for hydroxylation is 1. The number of amides is 1. The number of carbonyl (C=O) groups is 1. The van der Waals surface area contributed by atoms with Crippen molar-refractivity contribution in [2.45, 2.75) is 12.1 Å². The van der Waals surface area contributed by atoms with E-state index in [9.17, 15) is 4.79 Å². The van der Waals surface area contributed by atoms with Gasteiger partial charge in [0.2, 0.25) is 11.1 Å². The van der Waals surface area contributed by atoms with Gasteiger partial charge in [0, 0.05) is 0 Å². The van der Waals surface area contributed by atoms with Crippen LogP contribution in [0.3, 0.4) is 0 Å². The van der Waals surface area contributed by atoms with Crippen LogP contribution in [0.2, 0.25) is 5.02 Å². The first kappa shape index (κ1) is 16.0. The number of rotatable bonds is 5. The summed E-state index contributed by atoms with van der Waals surface area (Å²) in [5, 5.41) is 12.8. The van der Waals surface area contributed by atoms with Gasteiger partial charge in [0.1, 0.15) is 0 Å². The molecule has 2 aromatic heterocycles. The van der Waals surface area contributed by atoms with Gasteiger partial charge in [-0.15, -0.1) is 16.4 Å². The van der Waals surface area contributed by atoms with Crippen LogP contribution < -0.4 is 5.32 Å². The number of H-pyrrole nitrogens is 1. The number of thiophene rings is 1. The van der Waals surface area contributed by atoms with Gasteiger partial charge in [-0.1, -0.05) is 35.5 Å². The highest BCUT2D eigenvalue weighted by Gasteiger charge is 2.11. The number of aromatic nitrogens is 3. The van der Waals surface area contributed by atoms with E-state index in [-0.39, 0.29) is 11.7 Å². The van der Waals surface area contributed by atoms with Gasteiger partial charge in [0.05, 0.1) is 21.3 Å². The Morgan fingerprint density at radius 1 is 1.43 bits per heavy atom. The zero-order valence-electron chi connectivity index (χ0n) is 12.2. The van der Waals surface area contributed by atoms with Gasteiger partial charge in [0.15, 0.2) is 5.82 Å². The van der Waals surface area contributed by atoms with Crippen LogP contribution in [0, 0.1) is 6.92 Å². The molecule has 5 nitrogen and oxygen atoms in total. The van der Waals surface area contributed by atoms with Crippen LogP contribution in [0.1, 0.15) is 5.56 Å². The molecule has 0 saturated carbocycles. The third kappa shape index (κ3) is 4.13. The molecule has 0 aliphatic carbocycles. The van der Waals surface area contributed by atoms with Crippen molar-refractivity contribution in [3.8, 4) is 10.7 Å². The molecule has 2 heterocycles. The minimum absolute atomic E-state index is 0.150. The summed E-state index contributed by atoms with van der Waals surface area (Å²) in [6.45, 7) is 1.95. The van der Waals surface area contributed by atoms with Crippen LogP contribution in [0.25, 0.3) is 10.7 Å². The van der Waals surface area contributed by atoms with Crippen molar-refractivity contribution in [2.24, 2.45) is 0 Å². The van der Waals surface area contributed by atoms with Crippen LogP contribution in [-0.4, -0.2) is 26.8 Å². The number of benzene rings is 1. The highest BCUT2D eigenvalue weighted by Crippen LogP contribution is 2.25. The summed E-state index contributed by atoms with van der Waals surface area (Å²) in [5.74, 6) is 0.777. The van der Waals surface area contributed by atoms with E-state index in [0.29, 0.717) is 21.7 Å². The maximum absolute atomic E-state index is 12.0. The molecular weight excluding hydrogens is 352 g/mol. The fourth-order valence-corrected chi connectivity index (χ4v) is 3.42. The van der Waals surface area contributed by atoms with Crippen molar-refractivity contribution in [3.63, 3.8) is 0 Å². The first-order chi connectivity index (χ1) is 11.1. The Hall–Kier alpha value is -1.83. The molecule has 0 aliphatic heterocycles. The molecule has 8 heteroatoms. The molecule has 23 heavy (non-hydrogen) atoms. The van der Waals surface area contributed by atoms with Crippen LogP contribution in [0.4, 0.5) is 5.69 Å². The molecule has 0 aliphatic rings. The molecule has 0 spiro atoms. The van der Waals surface area contributed by atoms with Gasteiger partial charge >= 0.3 is 0 Å². The molecule has 3 rings (SSSR count). The van der Waals surface area contributed by atoms with Crippen molar-refractivity contribution in [2.75, 3.05) is 11.1 Å². The van der Waals surface area contributed by atoms with Gasteiger partial charge in [-0.25, -0.2) is 4.98 Å². The Morgan fingerprint density at radius 2 is 2.30 bits per heavy atom. The largest absolute Gasteiger partial charge is 0.324 e. The Kier molecular flexibility index (Phi) is 5.00. The normalized spacial score (nSPS) is 10.7. The number of hydrogen-bond acceptors (Lipinski definition) is 5. The van der Waals surface area contributed by atoms with E-state index < -0.39 is 0 Å². The van der Waals surface area contributed by atoms with Crippen molar-refractivity contribution in [3.05, 3.63) is 46.3 Å². The molecule has 3 aromatic rings. The number of nitrogens with zero attached hydrogens (tertiary/aromatic N) is 2. The lowest BCUT2D eigenvalue weighted by atomic mass is 10.2. The molecular formula is C15H13ClN4OS2. The van der Waals surface area contributed by atoms with Gasteiger partial charge in [-0.05, 0) is 36.1 Å². The van der Waals surface area contributed by atoms with Crippen molar-refractivity contribution >= 4 is 46.3 Å². The van der Waals surface area contributed by atoms with Crippen LogP contribution in [-0.2, 0) is 4.79 Å². The Bertz CT molecular complexity index is 817. The highest BCUT2D eigenvalue weighted by molar-refractivity contribution is 7.99. The topological polar surface area (TPSA) is 70.7 Å². The maximum Gasteiger partial charge on any atom is 0.234 e. The van der Waals surface area contributed by atoms with Gasteiger partial charge < -0.3 is 5.32 Å². The quantitative estimate of drug-likeness (QED) is 0.665. The van der Waals surface area contributed by atoms with E-state index in [1.807, 2.05) is 36.6 Å². The smallest absolute Gasteiger partial charge is 0.234 e. The summed E-state index contributed by atoms with van der Waals surface area (Å²) < 4.78 is 0. The average molecular weight is 365 g/mol. The molecule has 1 aromatic carbocycles. The SMILES string of the molecule is Cc1ccc(NC(=O)CSc2n[nH]c(-c3cccs3)n2)c(Cl)c1. The number of nitrogens with one attached hydrogen (secondary N) is 2. The Balaban J connectivity index is 1.57. The molecule has 1 amide bonds. The summed E-state index contributed by atoms with van der Waals surface area (Å²) in [7, 11) is 0. The number of aromatic amines is 1. The average Bonchev–Trinajstić information content (AvgIpc) is 3.18. The fourth-order valence-electron chi connectivity index (χ4n) is 1.87. The molecule has 0 atom stereocenters. The molecule has 0 unspecified atom stereocenters. The number of carbonyl (C=O) groups excluding carboxylic acids is 1. The molecule has 0 bridgehead atoms. The summed E-state index contributed by atoms with van der Waals surface area (Å²) in [5.41, 5.74) is 1.65. The maximum atomic E-state index is 12.0. The van der Waals surface area contributed by atoms with Crippen LogP contribution in [0.15, 0.2) is 40.9 Å². The minimum atomic E-state index is -0.150. The van der Waals surface area contributed by atoms with Crippen LogP contribution in [0.5, 0.6) is 0 Å². The van der Waals surface area contributed by atoms with E-state index in [1.165, 1.54) is 11.8 Å². The standard InChI is InChI=1S/C15H13ClN4OS2/c1-9-4-5-11(10(16)7-9)17-13(21)8-23-15-18-14(19-20-15)12-3-2-6-22-12/h2-7H,8H2,1H3,(H,17,21)(H,18,19,20). The van der Waals surface area contributed by atoms with E-state index in [1.54, 1.807) is 17.4 Å². The fraction of sp³-hybridized carbons (Fsp3) is 0.133. The zero-order valence-corrected chi connectivity index (χ0v) is 14.6. The molecule has 0 fully saturated rings. The van der Waals surface area contributed by atoms with E-state index in [2.05, 4.69) is 20.5 Å². The number of anilines is 1. The van der Waals surface area contributed by atoms with E-state index >= 15 is 0 Å². The lowest BCUT2D eigenvalue weighted by Crippen LogP contribution is -2.14. The first-order valence-electron chi connectivity index (χ1n) is 6.77. The molecule has 2 N–H and O–H groups in total. The summed E-state index contributed by atoms with van der Waals surface area (Å²) >= 11 is 8.95. The summed E-state index contributed by atoms with van der Waals surface area (Å²) in [4.78, 5) is 17.4. The number of halogens is 1. The third-order valence-electron chi connectivity index (χ3n) is 2.95. The third-order valence-corrected chi connectivity index (χ3v) is 4.99. The molecule has 0 saturated heterocycles. The monoisotopic (exact) mass is 364 g/mol. The first-order valence-corrected chi connectivity index (χ1v) is 9.01. The predicted molar refractivity (Wildman–Crippen MR) is 95.2 cm³/mol. The summed E-state index contributed by atoms with van der Waals surface area (Å²) in [6, 6.07) is 9.42. The lowest BCUT2D eigenvalue weighted by molar-refractivity contribution is -0.113. The summed E-state index contributed by atoms with van der Waals surface area (Å²) in [6.07, 6.45) is 0. The van der Waals surface area contributed by atoms with E-state index in [4.69, 9.17) is 11.6 Å². The van der Waals surface area contributed by atoms with Gasteiger partial charge in [-0.3, -0.25) is 9.89 Å². The second-order valence-electron chi connectivity index (χ2n) is 4.76. The molecule has 118 valence electrons. The minimum Gasteiger partial charge on any atom is -0.324 e. The number of hydrogen-bond donors (Lipinski definition) is 2. The zero-order chi connectivity index (χ0) is 16.2. The second kappa shape index (κ2) is 7.16. The van der Waals surface area contributed by atoms with Crippen molar-refractivity contribution in [1.82, 2.24) is 15.2 Å². The van der Waals surface area contributed by atoms with Gasteiger partial charge in [0.25, 0.3) is 0 Å². The highest BCUT2D eigenvalue weighted by atomic mass is 35.5. The van der Waals surface area contributed by atoms with E-state index in [0.717, 1.165) is 10.4 Å². The number of thioether (sulfide) groups is 1. The molecule has 0 radical (unpaired) electrons. The van der Waals surface area contributed by atoms with Crippen molar-refractivity contribution < 1.29 is 4.79 Å². The Morgan fingerprint density at radius 3 is 3.04 bits per heavy atom. The van der Waals surface area contributed by atoms with Crippen molar-refractivity contribution in [1.29, 1.82) is 0 Å². The Labute approximate surface area is 146 Å². The van der Waals surface area contributed by atoms with Gasteiger partial charge in [-0.2, -0.15) is 0 Å².